The molecule has 4 rings (SSSR count). The molecule has 1 aliphatic rings. The Labute approximate surface area is 155 Å². The van der Waals surface area contributed by atoms with Crippen molar-refractivity contribution in [1.82, 2.24) is 29.8 Å². The van der Waals surface area contributed by atoms with Crippen LogP contribution in [0.25, 0.3) is 11.4 Å². The molecule has 2 aromatic heterocycles. The maximum absolute atomic E-state index is 11.7. The number of rotatable bonds is 5. The molecule has 9 nitrogen and oxygen atoms in total. The van der Waals surface area contributed by atoms with Gasteiger partial charge in [0.1, 0.15) is 17.7 Å². The summed E-state index contributed by atoms with van der Waals surface area (Å²) in [4.78, 5) is 17.9. The predicted molar refractivity (Wildman–Crippen MR) is 94.5 cm³/mol. The minimum Gasteiger partial charge on any atom is -0.480 e. The lowest BCUT2D eigenvalue weighted by molar-refractivity contribution is -0.145. The van der Waals surface area contributed by atoms with E-state index in [4.69, 9.17) is 4.52 Å². The molecule has 0 saturated heterocycles. The number of benzene rings is 1. The van der Waals surface area contributed by atoms with Gasteiger partial charge < -0.3 is 14.2 Å². The summed E-state index contributed by atoms with van der Waals surface area (Å²) in [5, 5.41) is 21.8. The Kier molecular flexibility index (Phi) is 4.44. The average Bonchev–Trinajstić information content (AvgIpc) is 3.28. The van der Waals surface area contributed by atoms with Crippen molar-refractivity contribution in [2.75, 3.05) is 0 Å². The van der Waals surface area contributed by atoms with Crippen LogP contribution in [0.15, 0.2) is 28.8 Å². The molecule has 1 N–H and O–H groups in total. The zero-order valence-electron chi connectivity index (χ0n) is 15.2. The van der Waals surface area contributed by atoms with Gasteiger partial charge in [0, 0.05) is 5.56 Å². The van der Waals surface area contributed by atoms with Gasteiger partial charge in [0.05, 0.1) is 19.6 Å². The highest BCUT2D eigenvalue weighted by atomic mass is 16.5. The zero-order valence-corrected chi connectivity index (χ0v) is 15.2. The fourth-order valence-corrected chi connectivity index (χ4v) is 3.26. The Bertz CT molecular complexity index is 962. The van der Waals surface area contributed by atoms with Crippen LogP contribution in [0.3, 0.4) is 0 Å². The van der Waals surface area contributed by atoms with Crippen molar-refractivity contribution in [3.8, 4) is 11.4 Å². The maximum Gasteiger partial charge on any atom is 0.322 e. The summed E-state index contributed by atoms with van der Waals surface area (Å²) in [5.74, 6) is 1.42. The van der Waals surface area contributed by atoms with E-state index in [0.29, 0.717) is 30.6 Å². The molecule has 0 amide bonds. The van der Waals surface area contributed by atoms with Crippen molar-refractivity contribution < 1.29 is 14.4 Å². The fourth-order valence-electron chi connectivity index (χ4n) is 3.26. The van der Waals surface area contributed by atoms with Gasteiger partial charge in [-0.05, 0) is 18.9 Å². The van der Waals surface area contributed by atoms with Crippen LogP contribution in [0.1, 0.15) is 30.0 Å². The highest BCUT2D eigenvalue weighted by molar-refractivity contribution is 5.73. The second-order valence-electron chi connectivity index (χ2n) is 6.60. The number of aryl methyl sites for hydroxylation is 2. The highest BCUT2D eigenvalue weighted by Gasteiger charge is 2.34. The lowest BCUT2D eigenvalue weighted by Crippen LogP contribution is -2.47. The Morgan fingerprint density at radius 2 is 2.07 bits per heavy atom. The second-order valence-corrected chi connectivity index (χ2v) is 6.60. The normalized spacial score (nSPS) is 17.0. The van der Waals surface area contributed by atoms with Crippen LogP contribution in [-0.4, -0.2) is 46.9 Å². The molecule has 1 aliphatic heterocycles. The van der Waals surface area contributed by atoms with Gasteiger partial charge in [-0.15, -0.1) is 10.2 Å². The van der Waals surface area contributed by atoms with E-state index in [-0.39, 0.29) is 6.54 Å². The number of carbonyl (C=O) groups is 1. The molecule has 1 unspecified atom stereocenters. The number of carboxylic acid groups (broad SMARTS) is 1. The Balaban J connectivity index is 1.54. The van der Waals surface area contributed by atoms with Crippen LogP contribution in [0.4, 0.5) is 0 Å². The molecule has 1 atom stereocenters. The Hall–Kier alpha value is -3.07. The van der Waals surface area contributed by atoms with E-state index in [1.807, 2.05) is 35.8 Å². The van der Waals surface area contributed by atoms with E-state index >= 15 is 0 Å². The van der Waals surface area contributed by atoms with Crippen LogP contribution >= 0.6 is 0 Å². The quantitative estimate of drug-likeness (QED) is 0.724. The molecule has 0 saturated carbocycles. The minimum absolute atomic E-state index is 0.239. The first kappa shape index (κ1) is 17.3. The lowest BCUT2D eigenvalue weighted by Gasteiger charge is -2.32. The number of hydrogen-bond acceptors (Lipinski definition) is 7. The van der Waals surface area contributed by atoms with Gasteiger partial charge in [0.25, 0.3) is 0 Å². The number of nitrogens with zero attached hydrogens (tertiary/aromatic N) is 6. The van der Waals surface area contributed by atoms with E-state index in [1.54, 1.807) is 4.90 Å². The van der Waals surface area contributed by atoms with Gasteiger partial charge >= 0.3 is 5.97 Å². The largest absolute Gasteiger partial charge is 0.480 e. The summed E-state index contributed by atoms with van der Waals surface area (Å²) in [6.07, 6.45) is 0.966. The molecular formula is C18H20N6O3. The maximum atomic E-state index is 11.7. The first-order chi connectivity index (χ1) is 13.0. The smallest absolute Gasteiger partial charge is 0.322 e. The third-order valence-electron chi connectivity index (χ3n) is 4.87. The van der Waals surface area contributed by atoms with Crippen LogP contribution in [0.2, 0.25) is 0 Å². The Morgan fingerprint density at radius 3 is 2.78 bits per heavy atom. The molecule has 3 aromatic rings. The summed E-state index contributed by atoms with van der Waals surface area (Å²) >= 11 is 0. The van der Waals surface area contributed by atoms with Crippen LogP contribution < -0.4 is 0 Å². The molecule has 9 heteroatoms. The van der Waals surface area contributed by atoms with Gasteiger partial charge in [0.15, 0.2) is 0 Å². The molecule has 140 valence electrons. The predicted octanol–water partition coefficient (Wildman–Crippen LogP) is 1.67. The summed E-state index contributed by atoms with van der Waals surface area (Å²) in [6, 6.07) is 7.28. The third kappa shape index (κ3) is 3.33. The third-order valence-corrected chi connectivity index (χ3v) is 4.87. The van der Waals surface area contributed by atoms with Gasteiger partial charge in [-0.1, -0.05) is 36.3 Å². The average molecular weight is 368 g/mol. The van der Waals surface area contributed by atoms with Gasteiger partial charge in [0.2, 0.25) is 11.7 Å². The number of carboxylic acids is 1. The standard InChI is InChI=1S/C18H20N6O3/c1-3-12-4-6-13(7-5-12)17-19-16(27-22-17)10-23-9-15-21-20-11(2)24(15)8-14(23)18(25)26/h4-7,14H,3,8-10H2,1-2H3,(H,25,26). The van der Waals surface area contributed by atoms with Crippen molar-refractivity contribution in [2.24, 2.45) is 0 Å². The topological polar surface area (TPSA) is 110 Å². The molecular weight excluding hydrogens is 348 g/mol. The van der Waals surface area contributed by atoms with E-state index < -0.39 is 12.0 Å². The van der Waals surface area contributed by atoms with Gasteiger partial charge in [-0.3, -0.25) is 9.69 Å². The first-order valence-corrected chi connectivity index (χ1v) is 8.82. The van der Waals surface area contributed by atoms with Crippen molar-refractivity contribution in [1.29, 1.82) is 0 Å². The summed E-state index contributed by atoms with van der Waals surface area (Å²) in [6.45, 7) is 4.81. The molecule has 0 spiro atoms. The van der Waals surface area contributed by atoms with Crippen molar-refractivity contribution in [3.05, 3.63) is 47.4 Å². The fraction of sp³-hybridized carbons (Fsp3) is 0.389. The molecule has 0 fully saturated rings. The van der Waals surface area contributed by atoms with Crippen molar-refractivity contribution in [3.63, 3.8) is 0 Å². The van der Waals surface area contributed by atoms with Gasteiger partial charge in [-0.2, -0.15) is 4.98 Å². The number of hydrogen-bond donors (Lipinski definition) is 1. The van der Waals surface area contributed by atoms with Crippen molar-refractivity contribution in [2.45, 2.75) is 45.9 Å². The first-order valence-electron chi connectivity index (χ1n) is 8.82. The molecule has 0 aliphatic carbocycles. The molecule has 1 aromatic carbocycles. The van der Waals surface area contributed by atoms with E-state index in [9.17, 15) is 9.90 Å². The summed E-state index contributed by atoms with van der Waals surface area (Å²) in [7, 11) is 0. The summed E-state index contributed by atoms with van der Waals surface area (Å²) < 4.78 is 7.20. The van der Waals surface area contributed by atoms with E-state index in [1.165, 1.54) is 5.56 Å². The van der Waals surface area contributed by atoms with Crippen molar-refractivity contribution >= 4 is 5.97 Å². The van der Waals surface area contributed by atoms with Crippen LogP contribution in [-0.2, 0) is 30.8 Å². The number of aliphatic carboxylic acids is 1. The number of aromatic nitrogens is 5. The van der Waals surface area contributed by atoms with E-state index in [0.717, 1.165) is 17.8 Å². The number of fused-ring (bicyclic) bond motifs is 1. The zero-order chi connectivity index (χ0) is 19.0. The SMILES string of the molecule is CCc1ccc(-c2noc(CN3Cc4nnc(C)n4CC3C(=O)O)n2)cc1. The molecule has 27 heavy (non-hydrogen) atoms. The second kappa shape index (κ2) is 6.92. The van der Waals surface area contributed by atoms with E-state index in [2.05, 4.69) is 27.3 Å². The van der Waals surface area contributed by atoms with Gasteiger partial charge in [-0.25, -0.2) is 0 Å². The molecule has 3 heterocycles. The lowest BCUT2D eigenvalue weighted by atomic mass is 10.1. The molecule has 0 bridgehead atoms. The molecule has 0 radical (unpaired) electrons. The summed E-state index contributed by atoms with van der Waals surface area (Å²) in [5.41, 5.74) is 2.10. The monoisotopic (exact) mass is 368 g/mol. The van der Waals surface area contributed by atoms with Crippen LogP contribution in [0, 0.1) is 6.92 Å². The minimum atomic E-state index is -0.899. The highest BCUT2D eigenvalue weighted by Crippen LogP contribution is 2.22. The Morgan fingerprint density at radius 1 is 1.30 bits per heavy atom. The van der Waals surface area contributed by atoms with Crippen LogP contribution in [0.5, 0.6) is 0 Å².